The fourth-order valence-electron chi connectivity index (χ4n) is 2.08. The van der Waals surface area contributed by atoms with Crippen molar-refractivity contribution in [3.8, 4) is 0 Å². The van der Waals surface area contributed by atoms with Crippen LogP contribution in [0.1, 0.15) is 27.9 Å². The normalized spacial score (nSPS) is 20.2. The van der Waals surface area contributed by atoms with Crippen molar-refractivity contribution in [2.45, 2.75) is 26.4 Å². The summed E-state index contributed by atoms with van der Waals surface area (Å²) >= 11 is 0. The van der Waals surface area contributed by atoms with Crippen molar-refractivity contribution in [3.63, 3.8) is 0 Å². The van der Waals surface area contributed by atoms with Gasteiger partial charge in [-0.05, 0) is 37.5 Å². The molecule has 1 amide bonds. The van der Waals surface area contributed by atoms with Crippen molar-refractivity contribution >= 4 is 5.91 Å². The van der Waals surface area contributed by atoms with Crippen LogP contribution in [0.25, 0.3) is 0 Å². The quantitative estimate of drug-likeness (QED) is 0.777. The molecule has 3 heteroatoms. The predicted molar refractivity (Wildman–Crippen MR) is 62.4 cm³/mol. The molecule has 1 aliphatic rings. The molecule has 1 aromatic rings. The molecule has 3 nitrogen and oxygen atoms in total. The van der Waals surface area contributed by atoms with E-state index in [9.17, 15) is 9.90 Å². The van der Waals surface area contributed by atoms with Gasteiger partial charge in [-0.2, -0.15) is 0 Å². The van der Waals surface area contributed by atoms with Gasteiger partial charge in [-0.15, -0.1) is 0 Å². The summed E-state index contributed by atoms with van der Waals surface area (Å²) in [7, 11) is 0. The van der Waals surface area contributed by atoms with E-state index in [1.165, 1.54) is 0 Å². The predicted octanol–water partition coefficient (Wildman–Crippen LogP) is 1.51. The van der Waals surface area contributed by atoms with Gasteiger partial charge in [-0.1, -0.05) is 12.1 Å². The Hall–Kier alpha value is -1.35. The van der Waals surface area contributed by atoms with E-state index in [0.29, 0.717) is 19.5 Å². The number of hydrogen-bond donors (Lipinski definition) is 1. The molecule has 1 heterocycles. The molecular formula is C13H17NO2. The molecule has 0 aliphatic carbocycles. The maximum atomic E-state index is 12.2. The van der Waals surface area contributed by atoms with Crippen LogP contribution in [0.15, 0.2) is 18.2 Å². The first-order valence-corrected chi connectivity index (χ1v) is 5.63. The summed E-state index contributed by atoms with van der Waals surface area (Å²) in [4.78, 5) is 13.9. The molecular weight excluding hydrogens is 202 g/mol. The molecule has 0 bridgehead atoms. The fourth-order valence-corrected chi connectivity index (χ4v) is 2.08. The second kappa shape index (κ2) is 4.26. The van der Waals surface area contributed by atoms with E-state index in [1.54, 1.807) is 4.90 Å². The van der Waals surface area contributed by atoms with Crippen LogP contribution in [0.4, 0.5) is 0 Å². The van der Waals surface area contributed by atoms with Crippen LogP contribution < -0.4 is 0 Å². The van der Waals surface area contributed by atoms with E-state index in [0.717, 1.165) is 16.7 Å². The average molecular weight is 219 g/mol. The van der Waals surface area contributed by atoms with Gasteiger partial charge in [0.15, 0.2) is 0 Å². The van der Waals surface area contributed by atoms with Gasteiger partial charge in [-0.25, -0.2) is 0 Å². The van der Waals surface area contributed by atoms with E-state index in [-0.39, 0.29) is 12.0 Å². The van der Waals surface area contributed by atoms with E-state index in [4.69, 9.17) is 0 Å². The first-order chi connectivity index (χ1) is 7.59. The van der Waals surface area contributed by atoms with Crippen LogP contribution in [0, 0.1) is 13.8 Å². The molecule has 1 atom stereocenters. The molecule has 1 N–H and O–H groups in total. The number of benzene rings is 1. The third-order valence-electron chi connectivity index (χ3n) is 3.29. The number of aryl methyl sites for hydroxylation is 1. The molecule has 0 saturated carbocycles. The number of likely N-dealkylation sites (tertiary alicyclic amines) is 1. The number of amides is 1. The van der Waals surface area contributed by atoms with E-state index in [2.05, 4.69) is 0 Å². The lowest BCUT2D eigenvalue weighted by molar-refractivity contribution is 0.0764. The van der Waals surface area contributed by atoms with Gasteiger partial charge in [-0.3, -0.25) is 4.79 Å². The highest BCUT2D eigenvalue weighted by Crippen LogP contribution is 2.18. The minimum Gasteiger partial charge on any atom is -0.391 e. The molecule has 1 saturated heterocycles. The second-order valence-corrected chi connectivity index (χ2v) is 4.44. The van der Waals surface area contributed by atoms with Gasteiger partial charge in [0.05, 0.1) is 6.10 Å². The Labute approximate surface area is 95.7 Å². The van der Waals surface area contributed by atoms with Crippen LogP contribution >= 0.6 is 0 Å². The van der Waals surface area contributed by atoms with Crippen LogP contribution in [-0.4, -0.2) is 35.1 Å². The largest absolute Gasteiger partial charge is 0.391 e. The molecule has 0 aromatic heterocycles. The maximum absolute atomic E-state index is 12.2. The van der Waals surface area contributed by atoms with Crippen molar-refractivity contribution in [1.29, 1.82) is 0 Å². The van der Waals surface area contributed by atoms with Crippen molar-refractivity contribution in [2.24, 2.45) is 0 Å². The average Bonchev–Trinajstić information content (AvgIpc) is 2.68. The van der Waals surface area contributed by atoms with Crippen LogP contribution in [0.3, 0.4) is 0 Å². The monoisotopic (exact) mass is 219 g/mol. The van der Waals surface area contributed by atoms with E-state index >= 15 is 0 Å². The lowest BCUT2D eigenvalue weighted by Gasteiger charge is -2.17. The molecule has 0 spiro atoms. The number of rotatable bonds is 1. The fraction of sp³-hybridized carbons (Fsp3) is 0.462. The van der Waals surface area contributed by atoms with Gasteiger partial charge >= 0.3 is 0 Å². The Kier molecular flexibility index (Phi) is 2.97. The van der Waals surface area contributed by atoms with Gasteiger partial charge < -0.3 is 10.0 Å². The first-order valence-electron chi connectivity index (χ1n) is 5.63. The minimum atomic E-state index is -0.353. The molecule has 0 radical (unpaired) electrons. The molecule has 2 rings (SSSR count). The Morgan fingerprint density at radius 2 is 2.19 bits per heavy atom. The number of hydrogen-bond acceptors (Lipinski definition) is 2. The van der Waals surface area contributed by atoms with Crippen molar-refractivity contribution in [2.75, 3.05) is 13.1 Å². The molecule has 86 valence electrons. The smallest absolute Gasteiger partial charge is 0.254 e. The summed E-state index contributed by atoms with van der Waals surface area (Å²) in [6, 6.07) is 5.77. The number of carbonyl (C=O) groups excluding carboxylic acids is 1. The van der Waals surface area contributed by atoms with Gasteiger partial charge in [0, 0.05) is 18.7 Å². The summed E-state index contributed by atoms with van der Waals surface area (Å²) in [5, 5.41) is 9.43. The zero-order valence-corrected chi connectivity index (χ0v) is 9.73. The van der Waals surface area contributed by atoms with Gasteiger partial charge in [0.1, 0.15) is 0 Å². The Balaban J connectivity index is 2.24. The first kappa shape index (κ1) is 11.1. The summed E-state index contributed by atoms with van der Waals surface area (Å²) in [6.45, 7) is 5.10. The third-order valence-corrected chi connectivity index (χ3v) is 3.29. The Bertz CT molecular complexity index is 414. The molecule has 16 heavy (non-hydrogen) atoms. The molecule has 1 aromatic carbocycles. The van der Waals surface area contributed by atoms with Crippen LogP contribution in [0.2, 0.25) is 0 Å². The van der Waals surface area contributed by atoms with Crippen LogP contribution in [0.5, 0.6) is 0 Å². The second-order valence-electron chi connectivity index (χ2n) is 4.44. The summed E-state index contributed by atoms with van der Waals surface area (Å²) in [6.07, 6.45) is 0.338. The number of aliphatic hydroxyl groups is 1. The summed E-state index contributed by atoms with van der Waals surface area (Å²) in [5.74, 6) is 0.0396. The van der Waals surface area contributed by atoms with Crippen LogP contribution in [-0.2, 0) is 0 Å². The SMILES string of the molecule is Cc1cccc(C(=O)N2CC[C@@H](O)C2)c1C. The summed E-state index contributed by atoms with van der Waals surface area (Å²) < 4.78 is 0. The summed E-state index contributed by atoms with van der Waals surface area (Å²) in [5.41, 5.74) is 2.92. The Morgan fingerprint density at radius 1 is 1.44 bits per heavy atom. The zero-order chi connectivity index (χ0) is 11.7. The number of carbonyl (C=O) groups is 1. The van der Waals surface area contributed by atoms with E-state index < -0.39 is 0 Å². The zero-order valence-electron chi connectivity index (χ0n) is 9.73. The van der Waals surface area contributed by atoms with Gasteiger partial charge in [0.25, 0.3) is 5.91 Å². The van der Waals surface area contributed by atoms with Crippen molar-refractivity contribution < 1.29 is 9.90 Å². The van der Waals surface area contributed by atoms with Crippen molar-refractivity contribution in [1.82, 2.24) is 4.90 Å². The lowest BCUT2D eigenvalue weighted by atomic mass is 10.0. The number of β-amino-alcohol motifs (C(OH)–C–C–N with tert-alkyl or cyclic N) is 1. The molecule has 0 unspecified atom stereocenters. The highest BCUT2D eigenvalue weighted by atomic mass is 16.3. The third kappa shape index (κ3) is 1.95. The van der Waals surface area contributed by atoms with Gasteiger partial charge in [0.2, 0.25) is 0 Å². The van der Waals surface area contributed by atoms with E-state index in [1.807, 2.05) is 32.0 Å². The Morgan fingerprint density at radius 3 is 2.81 bits per heavy atom. The standard InChI is InChI=1S/C13H17NO2/c1-9-4-3-5-12(10(9)2)13(16)14-7-6-11(15)8-14/h3-5,11,15H,6-8H2,1-2H3/t11-/m1/s1. The topological polar surface area (TPSA) is 40.5 Å². The maximum Gasteiger partial charge on any atom is 0.254 e. The minimum absolute atomic E-state index is 0.0396. The van der Waals surface area contributed by atoms with Crippen molar-refractivity contribution in [3.05, 3.63) is 34.9 Å². The molecule has 1 aliphatic heterocycles. The number of nitrogens with zero attached hydrogens (tertiary/aromatic N) is 1. The molecule has 1 fully saturated rings. The lowest BCUT2D eigenvalue weighted by Crippen LogP contribution is -2.30. The highest BCUT2D eigenvalue weighted by Gasteiger charge is 2.26. The highest BCUT2D eigenvalue weighted by molar-refractivity contribution is 5.96. The number of aliphatic hydroxyl groups excluding tert-OH is 1.